The van der Waals surface area contributed by atoms with Gasteiger partial charge in [-0.25, -0.2) is 0 Å². The number of nitrogens with one attached hydrogen (secondary N) is 1. The van der Waals surface area contributed by atoms with Gasteiger partial charge in [0.15, 0.2) is 0 Å². The average molecular weight is 209 g/mol. The van der Waals surface area contributed by atoms with Crippen LogP contribution < -0.4 is 5.32 Å². The summed E-state index contributed by atoms with van der Waals surface area (Å²) in [6.45, 7) is 8.47. The van der Waals surface area contributed by atoms with Crippen LogP contribution in [0.5, 0.6) is 0 Å². The van der Waals surface area contributed by atoms with Gasteiger partial charge in [0.25, 0.3) is 0 Å². The molecule has 0 aromatic heterocycles. The van der Waals surface area contributed by atoms with Crippen LogP contribution in [0.4, 0.5) is 0 Å². The maximum Gasteiger partial charge on any atom is 0.00708 e. The van der Waals surface area contributed by atoms with Gasteiger partial charge in [-0.3, -0.25) is 0 Å². The first-order chi connectivity index (χ1) is 7.24. The number of allylic oxidation sites excluding steroid dienone is 1. The molecule has 1 aliphatic rings. The Morgan fingerprint density at radius 1 is 1.27 bits per heavy atom. The Kier molecular flexibility index (Phi) is 6.00. The Labute approximate surface area is 95.3 Å². The normalized spacial score (nSPS) is 19.9. The van der Waals surface area contributed by atoms with Crippen molar-refractivity contribution in [2.75, 3.05) is 0 Å². The van der Waals surface area contributed by atoms with Gasteiger partial charge in [-0.05, 0) is 44.9 Å². The maximum atomic E-state index is 3.75. The Morgan fingerprint density at radius 2 is 2.00 bits per heavy atom. The highest BCUT2D eigenvalue weighted by molar-refractivity contribution is 4.84. The lowest BCUT2D eigenvalue weighted by molar-refractivity contribution is 0.364. The molecule has 1 nitrogen and oxygen atoms in total. The first-order valence-corrected chi connectivity index (χ1v) is 6.61. The lowest BCUT2D eigenvalue weighted by Crippen LogP contribution is -2.33. The fraction of sp³-hybridized carbons (Fsp3) is 0.857. The summed E-state index contributed by atoms with van der Waals surface area (Å²) >= 11 is 0. The van der Waals surface area contributed by atoms with Crippen LogP contribution in [0.25, 0.3) is 0 Å². The first kappa shape index (κ1) is 12.8. The van der Waals surface area contributed by atoms with Gasteiger partial charge in [0, 0.05) is 12.1 Å². The van der Waals surface area contributed by atoms with E-state index >= 15 is 0 Å². The summed E-state index contributed by atoms with van der Waals surface area (Å²) in [5.74, 6) is 0.828. The Bertz CT molecular complexity index is 172. The van der Waals surface area contributed by atoms with E-state index < -0.39 is 0 Å². The van der Waals surface area contributed by atoms with Gasteiger partial charge in [-0.15, -0.1) is 6.58 Å². The van der Waals surface area contributed by atoms with E-state index in [1.807, 2.05) is 6.08 Å². The summed E-state index contributed by atoms with van der Waals surface area (Å²) in [4.78, 5) is 0. The number of hydrogen-bond donors (Lipinski definition) is 1. The second-order valence-electron chi connectivity index (χ2n) is 5.13. The van der Waals surface area contributed by atoms with E-state index in [4.69, 9.17) is 0 Å². The Morgan fingerprint density at radius 3 is 2.60 bits per heavy atom. The van der Waals surface area contributed by atoms with Crippen molar-refractivity contribution >= 4 is 0 Å². The molecule has 1 fully saturated rings. The lowest BCUT2D eigenvalue weighted by Gasteiger charge is -2.21. The predicted octanol–water partition coefficient (Wildman–Crippen LogP) is 3.90. The molecule has 1 N–H and O–H groups in total. The molecule has 15 heavy (non-hydrogen) atoms. The Hall–Kier alpha value is -0.300. The average Bonchev–Trinajstić information content (AvgIpc) is 3.01. The third-order valence-electron chi connectivity index (χ3n) is 3.50. The first-order valence-electron chi connectivity index (χ1n) is 6.61. The van der Waals surface area contributed by atoms with E-state index in [2.05, 4.69) is 25.7 Å². The van der Waals surface area contributed by atoms with E-state index in [0.717, 1.165) is 12.0 Å². The van der Waals surface area contributed by atoms with E-state index in [0.29, 0.717) is 6.04 Å². The third-order valence-corrected chi connectivity index (χ3v) is 3.50. The molecule has 0 bridgehead atoms. The summed E-state index contributed by atoms with van der Waals surface area (Å²) in [7, 11) is 0. The molecule has 0 aliphatic heterocycles. The molecule has 2 atom stereocenters. The number of unbranched alkanes of at least 4 members (excludes halogenated alkanes) is 3. The molecule has 88 valence electrons. The summed E-state index contributed by atoms with van der Waals surface area (Å²) in [6, 6.07) is 1.56. The molecule has 0 heterocycles. The molecule has 0 aromatic rings. The van der Waals surface area contributed by atoms with Crippen molar-refractivity contribution < 1.29 is 0 Å². The minimum Gasteiger partial charge on any atom is -0.311 e. The molecule has 0 spiro atoms. The highest BCUT2D eigenvalue weighted by Crippen LogP contribution is 2.22. The van der Waals surface area contributed by atoms with Crippen LogP contribution in [0, 0.1) is 5.92 Å². The highest BCUT2D eigenvalue weighted by Gasteiger charge is 2.24. The molecule has 1 saturated carbocycles. The van der Waals surface area contributed by atoms with Crippen molar-refractivity contribution in [2.24, 2.45) is 5.92 Å². The van der Waals surface area contributed by atoms with Crippen LogP contribution in [0.2, 0.25) is 0 Å². The van der Waals surface area contributed by atoms with Crippen molar-refractivity contribution in [3.05, 3.63) is 12.7 Å². The molecular weight excluding hydrogens is 182 g/mol. The molecule has 2 unspecified atom stereocenters. The third kappa shape index (κ3) is 5.99. The van der Waals surface area contributed by atoms with Gasteiger partial charge in [-0.1, -0.05) is 25.8 Å². The maximum absolute atomic E-state index is 3.75. The van der Waals surface area contributed by atoms with Crippen LogP contribution in [0.3, 0.4) is 0 Å². The zero-order valence-corrected chi connectivity index (χ0v) is 10.5. The zero-order valence-electron chi connectivity index (χ0n) is 10.5. The smallest absolute Gasteiger partial charge is 0.00708 e. The van der Waals surface area contributed by atoms with Crippen molar-refractivity contribution in [3.63, 3.8) is 0 Å². The summed E-state index contributed by atoms with van der Waals surface area (Å²) in [5.41, 5.74) is 0. The van der Waals surface area contributed by atoms with Crippen LogP contribution >= 0.6 is 0 Å². The molecule has 0 radical (unpaired) electrons. The van der Waals surface area contributed by atoms with Gasteiger partial charge in [0.1, 0.15) is 0 Å². The van der Waals surface area contributed by atoms with Crippen molar-refractivity contribution in [2.45, 2.75) is 70.9 Å². The largest absolute Gasteiger partial charge is 0.311 e. The lowest BCUT2D eigenvalue weighted by atomic mass is 9.96. The van der Waals surface area contributed by atoms with Crippen LogP contribution in [0.15, 0.2) is 12.7 Å². The molecule has 0 aromatic carbocycles. The number of hydrogen-bond acceptors (Lipinski definition) is 1. The second kappa shape index (κ2) is 7.05. The summed E-state index contributed by atoms with van der Waals surface area (Å²) in [5, 5.41) is 3.69. The van der Waals surface area contributed by atoms with Crippen molar-refractivity contribution in [1.29, 1.82) is 0 Å². The summed E-state index contributed by atoms with van der Waals surface area (Å²) in [6.07, 6.45) is 11.5. The molecule has 1 rings (SSSR count). The molecular formula is C14H27N. The van der Waals surface area contributed by atoms with E-state index in [9.17, 15) is 0 Å². The van der Waals surface area contributed by atoms with Crippen LogP contribution in [0.1, 0.15) is 58.8 Å². The monoisotopic (exact) mass is 209 g/mol. The molecule has 0 amide bonds. The van der Waals surface area contributed by atoms with Crippen molar-refractivity contribution in [1.82, 2.24) is 5.32 Å². The quantitative estimate of drug-likeness (QED) is 0.448. The minimum atomic E-state index is 0.705. The molecule has 1 aliphatic carbocycles. The van der Waals surface area contributed by atoms with Crippen LogP contribution in [-0.4, -0.2) is 12.1 Å². The Balaban J connectivity index is 1.95. The van der Waals surface area contributed by atoms with Gasteiger partial charge >= 0.3 is 0 Å². The minimum absolute atomic E-state index is 0.705. The topological polar surface area (TPSA) is 12.0 Å². The van der Waals surface area contributed by atoms with Gasteiger partial charge in [0.05, 0.1) is 0 Å². The predicted molar refractivity (Wildman–Crippen MR) is 68.1 cm³/mol. The standard InChI is InChI=1S/C14H27N/c1-4-5-6-7-8-9-12(2)13(3)15-14-10-11-14/h4,12-15H,1,5-11H2,2-3H3. The number of rotatable bonds is 9. The van der Waals surface area contributed by atoms with Crippen LogP contribution in [-0.2, 0) is 0 Å². The van der Waals surface area contributed by atoms with E-state index in [1.165, 1.54) is 44.9 Å². The molecule has 0 saturated heterocycles. The molecule has 1 heteroatoms. The fourth-order valence-corrected chi connectivity index (χ4v) is 1.97. The fourth-order valence-electron chi connectivity index (χ4n) is 1.97. The zero-order chi connectivity index (χ0) is 11.1. The van der Waals surface area contributed by atoms with E-state index in [-0.39, 0.29) is 0 Å². The highest BCUT2D eigenvalue weighted by atomic mass is 15.0. The van der Waals surface area contributed by atoms with Gasteiger partial charge < -0.3 is 5.32 Å². The van der Waals surface area contributed by atoms with Crippen molar-refractivity contribution in [3.8, 4) is 0 Å². The second-order valence-corrected chi connectivity index (χ2v) is 5.13. The van der Waals surface area contributed by atoms with Gasteiger partial charge in [0.2, 0.25) is 0 Å². The van der Waals surface area contributed by atoms with E-state index in [1.54, 1.807) is 0 Å². The summed E-state index contributed by atoms with van der Waals surface area (Å²) < 4.78 is 0. The van der Waals surface area contributed by atoms with Gasteiger partial charge in [-0.2, -0.15) is 0 Å². The SMILES string of the molecule is C=CCCCCCC(C)C(C)NC1CC1.